The molecule has 156 valence electrons. The van der Waals surface area contributed by atoms with Gasteiger partial charge in [0.05, 0.1) is 27.6 Å². The van der Waals surface area contributed by atoms with Crippen LogP contribution in [-0.2, 0) is 14.8 Å². The summed E-state index contributed by atoms with van der Waals surface area (Å²) in [5, 5.41) is 14.0. The average Bonchev–Trinajstić information content (AvgIpc) is 2.62. The largest absolute Gasteiger partial charge is 0.325 e. The highest BCUT2D eigenvalue weighted by Gasteiger charge is 2.20. The molecule has 0 heterocycles. The lowest BCUT2D eigenvalue weighted by Gasteiger charge is -2.24. The highest BCUT2D eigenvalue weighted by Crippen LogP contribution is 2.29. The molecule has 0 atom stereocenters. The van der Waals surface area contributed by atoms with Gasteiger partial charge in [-0.1, -0.05) is 29.3 Å². The van der Waals surface area contributed by atoms with Gasteiger partial charge >= 0.3 is 0 Å². The van der Waals surface area contributed by atoms with Gasteiger partial charge in [0.25, 0.3) is 5.69 Å². The molecule has 0 aliphatic rings. The number of nitrogens with one attached hydrogen (secondary N) is 1. The molecule has 2 rings (SSSR count). The van der Waals surface area contributed by atoms with Gasteiger partial charge < -0.3 is 5.32 Å². The Morgan fingerprint density at radius 2 is 1.90 bits per heavy atom. The summed E-state index contributed by atoms with van der Waals surface area (Å²) in [6, 6.07) is 8.68. The normalized spacial score (nSPS) is 11.2. The summed E-state index contributed by atoms with van der Waals surface area (Å²) in [7, 11) is -3.59. The highest BCUT2D eigenvalue weighted by atomic mass is 35.5. The predicted molar refractivity (Wildman–Crippen MR) is 114 cm³/mol. The molecule has 29 heavy (non-hydrogen) atoms. The van der Waals surface area contributed by atoms with Crippen molar-refractivity contribution in [3.05, 3.63) is 62.1 Å². The van der Waals surface area contributed by atoms with Crippen molar-refractivity contribution in [3.63, 3.8) is 0 Å². The van der Waals surface area contributed by atoms with Gasteiger partial charge in [0, 0.05) is 30.1 Å². The van der Waals surface area contributed by atoms with E-state index < -0.39 is 20.9 Å². The lowest BCUT2D eigenvalue weighted by atomic mass is 10.2. The number of nitro benzene ring substituents is 1. The maximum atomic E-state index is 12.2. The molecule has 0 radical (unpaired) electrons. The SMILES string of the molecule is Cc1c(Cl)cccc1N(CCCC(=O)Nc1cc([N+](=O)[O-])ccc1Cl)S(C)(=O)=O. The molecule has 0 saturated carbocycles. The number of nitrogens with zero attached hydrogens (tertiary/aromatic N) is 2. The zero-order chi connectivity index (χ0) is 21.8. The number of amides is 1. The monoisotopic (exact) mass is 459 g/mol. The van der Waals surface area contributed by atoms with Crippen LogP contribution in [0.25, 0.3) is 0 Å². The van der Waals surface area contributed by atoms with Gasteiger partial charge in [0.15, 0.2) is 0 Å². The maximum Gasteiger partial charge on any atom is 0.271 e. The van der Waals surface area contributed by atoms with Crippen LogP contribution in [0.3, 0.4) is 0 Å². The van der Waals surface area contributed by atoms with Gasteiger partial charge in [-0.3, -0.25) is 19.2 Å². The first-order valence-corrected chi connectivity index (χ1v) is 11.1. The topological polar surface area (TPSA) is 110 Å². The molecular formula is C18H19Cl2N3O5S. The van der Waals surface area contributed by atoms with Gasteiger partial charge in [0.2, 0.25) is 15.9 Å². The Morgan fingerprint density at radius 1 is 1.21 bits per heavy atom. The van der Waals surface area contributed by atoms with Gasteiger partial charge in [-0.15, -0.1) is 0 Å². The number of carbonyl (C=O) groups excluding carboxylic acids is 1. The minimum absolute atomic E-state index is 0.00927. The first-order chi connectivity index (χ1) is 13.5. The van der Waals surface area contributed by atoms with Gasteiger partial charge in [-0.25, -0.2) is 8.42 Å². The number of hydrogen-bond acceptors (Lipinski definition) is 5. The van der Waals surface area contributed by atoms with Crippen molar-refractivity contribution in [1.29, 1.82) is 0 Å². The number of non-ortho nitro benzene ring substituents is 1. The van der Waals surface area contributed by atoms with Crippen LogP contribution in [0, 0.1) is 17.0 Å². The molecule has 0 unspecified atom stereocenters. The number of rotatable bonds is 8. The number of anilines is 2. The van der Waals surface area contributed by atoms with Crippen LogP contribution in [0.5, 0.6) is 0 Å². The van der Waals surface area contributed by atoms with E-state index in [0.717, 1.165) is 6.26 Å². The van der Waals surface area contributed by atoms with E-state index in [-0.39, 0.29) is 35.8 Å². The van der Waals surface area contributed by atoms with Crippen molar-refractivity contribution in [2.75, 3.05) is 22.4 Å². The molecule has 2 aromatic rings. The van der Waals surface area contributed by atoms with Crippen LogP contribution in [0.4, 0.5) is 17.1 Å². The number of halogens is 2. The second-order valence-corrected chi connectivity index (χ2v) is 9.01. The van der Waals surface area contributed by atoms with Crippen molar-refractivity contribution in [3.8, 4) is 0 Å². The maximum absolute atomic E-state index is 12.2. The van der Waals surface area contributed by atoms with E-state index in [9.17, 15) is 23.3 Å². The zero-order valence-electron chi connectivity index (χ0n) is 15.7. The molecule has 1 N–H and O–H groups in total. The molecule has 8 nitrogen and oxygen atoms in total. The number of benzene rings is 2. The van der Waals surface area contributed by atoms with E-state index in [1.54, 1.807) is 25.1 Å². The fourth-order valence-corrected chi connectivity index (χ4v) is 4.00. The van der Waals surface area contributed by atoms with E-state index in [0.29, 0.717) is 16.3 Å². The molecule has 2 aromatic carbocycles. The predicted octanol–water partition coefficient (Wildman–Crippen LogP) is 4.39. The summed E-state index contributed by atoms with van der Waals surface area (Å²) < 4.78 is 25.6. The van der Waals surface area contributed by atoms with Crippen molar-refractivity contribution in [2.24, 2.45) is 0 Å². The fourth-order valence-electron chi connectivity index (χ4n) is 2.65. The van der Waals surface area contributed by atoms with Gasteiger partial charge in [-0.05, 0) is 37.1 Å². The Balaban J connectivity index is 2.07. The standard InChI is InChI=1S/C18H19Cl2N3O5S/c1-12-14(19)5-3-6-17(12)22(29(2,27)28)10-4-7-18(24)21-16-11-13(23(25)26)8-9-15(16)20/h3,5-6,8-9,11H,4,7,10H2,1-2H3,(H,21,24). The van der Waals surface area contributed by atoms with Crippen LogP contribution >= 0.6 is 23.2 Å². The molecular weight excluding hydrogens is 441 g/mol. The lowest BCUT2D eigenvalue weighted by Crippen LogP contribution is -2.32. The minimum Gasteiger partial charge on any atom is -0.325 e. The van der Waals surface area contributed by atoms with Crippen LogP contribution in [-0.4, -0.2) is 32.0 Å². The molecule has 0 aliphatic carbocycles. The number of nitro groups is 1. The highest BCUT2D eigenvalue weighted by molar-refractivity contribution is 7.92. The van der Waals surface area contributed by atoms with Crippen molar-refractivity contribution >= 4 is 56.2 Å². The molecule has 11 heteroatoms. The van der Waals surface area contributed by atoms with Gasteiger partial charge in [-0.2, -0.15) is 0 Å². The van der Waals surface area contributed by atoms with Gasteiger partial charge in [0.1, 0.15) is 0 Å². The molecule has 0 bridgehead atoms. The molecule has 0 aliphatic heterocycles. The van der Waals surface area contributed by atoms with Crippen molar-refractivity contribution in [1.82, 2.24) is 0 Å². The summed E-state index contributed by atoms with van der Waals surface area (Å²) >= 11 is 12.1. The second kappa shape index (κ2) is 9.43. The van der Waals surface area contributed by atoms with Crippen LogP contribution < -0.4 is 9.62 Å². The molecule has 0 fully saturated rings. The van der Waals surface area contributed by atoms with E-state index >= 15 is 0 Å². The van der Waals surface area contributed by atoms with Crippen LogP contribution in [0.1, 0.15) is 18.4 Å². The van der Waals surface area contributed by atoms with Crippen LogP contribution in [0.2, 0.25) is 10.0 Å². The fraction of sp³-hybridized carbons (Fsp3) is 0.278. The summed E-state index contributed by atoms with van der Waals surface area (Å²) in [5.41, 5.74) is 0.982. The Hall–Kier alpha value is -2.36. The zero-order valence-corrected chi connectivity index (χ0v) is 18.0. The summed E-state index contributed by atoms with van der Waals surface area (Å²) in [4.78, 5) is 22.5. The first kappa shape index (κ1) is 22.9. The van der Waals surface area contributed by atoms with E-state index in [1.165, 1.54) is 22.5 Å². The Bertz CT molecular complexity index is 1040. The van der Waals surface area contributed by atoms with Crippen molar-refractivity contribution < 1.29 is 18.1 Å². The lowest BCUT2D eigenvalue weighted by molar-refractivity contribution is -0.384. The van der Waals surface area contributed by atoms with E-state index in [4.69, 9.17) is 23.2 Å². The average molecular weight is 460 g/mol. The number of carbonyl (C=O) groups is 1. The number of hydrogen-bond donors (Lipinski definition) is 1. The third-order valence-electron chi connectivity index (χ3n) is 4.11. The Labute approximate surface area is 178 Å². The third-order valence-corrected chi connectivity index (χ3v) is 6.03. The van der Waals surface area contributed by atoms with Crippen LogP contribution in [0.15, 0.2) is 36.4 Å². The Kier molecular flexibility index (Phi) is 7.45. The number of sulfonamides is 1. The molecule has 0 spiro atoms. The molecule has 0 aromatic heterocycles. The second-order valence-electron chi connectivity index (χ2n) is 6.29. The van der Waals surface area contributed by atoms with E-state index in [2.05, 4.69) is 5.32 Å². The first-order valence-electron chi connectivity index (χ1n) is 8.47. The molecule has 1 amide bonds. The summed E-state index contributed by atoms with van der Waals surface area (Å²) in [6.45, 7) is 1.78. The summed E-state index contributed by atoms with van der Waals surface area (Å²) in [6.07, 6.45) is 1.29. The summed E-state index contributed by atoms with van der Waals surface area (Å²) in [5.74, 6) is -0.441. The minimum atomic E-state index is -3.59. The smallest absolute Gasteiger partial charge is 0.271 e. The third kappa shape index (κ3) is 6.06. The Morgan fingerprint density at radius 3 is 2.52 bits per heavy atom. The van der Waals surface area contributed by atoms with E-state index in [1.807, 2.05) is 0 Å². The quantitative estimate of drug-likeness (QED) is 0.464. The van der Waals surface area contributed by atoms with Crippen molar-refractivity contribution in [2.45, 2.75) is 19.8 Å². The molecule has 0 saturated heterocycles.